The fourth-order valence-electron chi connectivity index (χ4n) is 1.24. The van der Waals surface area contributed by atoms with Crippen LogP contribution in [0.4, 0.5) is 11.4 Å². The van der Waals surface area contributed by atoms with Crippen LogP contribution in [0.3, 0.4) is 0 Å². The van der Waals surface area contributed by atoms with Crippen LogP contribution in [0.25, 0.3) is 0 Å². The molecule has 1 aliphatic heterocycles. The van der Waals surface area contributed by atoms with Crippen molar-refractivity contribution in [3.05, 3.63) is 30.0 Å². The van der Waals surface area contributed by atoms with E-state index in [1.165, 1.54) is 0 Å². The minimum absolute atomic E-state index is 0.415. The Morgan fingerprint density at radius 1 is 1.38 bits per heavy atom. The van der Waals surface area contributed by atoms with Gasteiger partial charge in [-0.1, -0.05) is 12.1 Å². The number of aliphatic imine (C=N–C) groups is 1. The van der Waals surface area contributed by atoms with Gasteiger partial charge in [0.2, 0.25) is 0 Å². The molecule has 0 bridgehead atoms. The molecule has 0 amide bonds. The van der Waals surface area contributed by atoms with Crippen LogP contribution in [0.2, 0.25) is 0 Å². The van der Waals surface area contributed by atoms with Crippen molar-refractivity contribution in [1.29, 1.82) is 0 Å². The zero-order chi connectivity index (χ0) is 9.26. The molecule has 3 nitrogen and oxygen atoms in total. The van der Waals surface area contributed by atoms with Gasteiger partial charge in [0.25, 0.3) is 0 Å². The standard InChI is InChI=1S/C10H8N2O/c1-7-10(6-13)12-9-5-3-2-4-8(9)11-7/h2-5,12H,1H3. The van der Waals surface area contributed by atoms with Gasteiger partial charge in [-0.25, -0.2) is 9.79 Å². The molecule has 0 unspecified atom stereocenters. The number of allylic oxidation sites excluding steroid dienone is 1. The molecule has 0 radical (unpaired) electrons. The molecule has 0 aliphatic carbocycles. The Hall–Kier alpha value is -1.86. The highest BCUT2D eigenvalue weighted by atomic mass is 16.1. The molecule has 64 valence electrons. The van der Waals surface area contributed by atoms with Crippen molar-refractivity contribution in [2.24, 2.45) is 4.99 Å². The summed E-state index contributed by atoms with van der Waals surface area (Å²) in [6, 6.07) is 7.58. The van der Waals surface area contributed by atoms with E-state index in [0.29, 0.717) is 11.4 Å². The van der Waals surface area contributed by atoms with Crippen molar-refractivity contribution in [3.63, 3.8) is 0 Å². The fourth-order valence-corrected chi connectivity index (χ4v) is 1.24. The maximum Gasteiger partial charge on any atom is 0.152 e. The van der Waals surface area contributed by atoms with E-state index in [0.717, 1.165) is 11.4 Å². The number of fused-ring (bicyclic) bond motifs is 1. The van der Waals surface area contributed by atoms with Crippen LogP contribution in [0.1, 0.15) is 6.92 Å². The van der Waals surface area contributed by atoms with E-state index in [4.69, 9.17) is 0 Å². The first kappa shape index (κ1) is 7.77. The molecular formula is C10H8N2O. The summed E-state index contributed by atoms with van der Waals surface area (Å²) < 4.78 is 0. The summed E-state index contributed by atoms with van der Waals surface area (Å²) in [7, 11) is 0. The number of nitrogens with one attached hydrogen (secondary N) is 1. The summed E-state index contributed by atoms with van der Waals surface area (Å²) in [6.07, 6.45) is 0. The third-order valence-electron chi connectivity index (χ3n) is 1.92. The monoisotopic (exact) mass is 172 g/mol. The van der Waals surface area contributed by atoms with Gasteiger partial charge in [-0.2, -0.15) is 0 Å². The number of nitrogens with zero attached hydrogens (tertiary/aromatic N) is 1. The maximum absolute atomic E-state index is 10.5. The quantitative estimate of drug-likeness (QED) is 0.607. The highest BCUT2D eigenvalue weighted by molar-refractivity contribution is 6.11. The Morgan fingerprint density at radius 2 is 2.15 bits per heavy atom. The first-order chi connectivity index (χ1) is 6.31. The number of rotatable bonds is 0. The van der Waals surface area contributed by atoms with Crippen LogP contribution >= 0.6 is 0 Å². The van der Waals surface area contributed by atoms with Crippen LogP contribution in [-0.4, -0.2) is 11.7 Å². The summed E-state index contributed by atoms with van der Waals surface area (Å²) in [5.41, 5.74) is 2.80. The van der Waals surface area contributed by atoms with Crippen molar-refractivity contribution >= 4 is 23.0 Å². The average molecular weight is 172 g/mol. The Kier molecular flexibility index (Phi) is 1.72. The van der Waals surface area contributed by atoms with Crippen LogP contribution in [0, 0.1) is 0 Å². The molecular weight excluding hydrogens is 164 g/mol. The third-order valence-corrected chi connectivity index (χ3v) is 1.92. The summed E-state index contributed by atoms with van der Waals surface area (Å²) in [6.45, 7) is 1.78. The predicted molar refractivity (Wildman–Crippen MR) is 52.0 cm³/mol. The second kappa shape index (κ2) is 2.88. The Labute approximate surface area is 75.8 Å². The number of anilines is 1. The maximum atomic E-state index is 10.5. The predicted octanol–water partition coefficient (Wildman–Crippen LogP) is 1.92. The third kappa shape index (κ3) is 1.25. The second-order valence-corrected chi connectivity index (χ2v) is 2.82. The van der Waals surface area contributed by atoms with Crippen molar-refractivity contribution in [1.82, 2.24) is 0 Å². The normalized spacial score (nSPS) is 13.9. The van der Waals surface area contributed by atoms with Gasteiger partial charge < -0.3 is 5.32 Å². The Morgan fingerprint density at radius 3 is 2.92 bits per heavy atom. The van der Waals surface area contributed by atoms with Crippen molar-refractivity contribution in [2.45, 2.75) is 6.92 Å². The van der Waals surface area contributed by atoms with Crippen molar-refractivity contribution < 1.29 is 4.79 Å². The fraction of sp³-hybridized carbons (Fsp3) is 0.100. The van der Waals surface area contributed by atoms with Gasteiger partial charge in [0.05, 0.1) is 17.1 Å². The van der Waals surface area contributed by atoms with Crippen molar-refractivity contribution in [2.75, 3.05) is 5.32 Å². The summed E-state index contributed by atoms with van der Waals surface area (Å²) in [5.74, 6) is 1.82. The minimum atomic E-state index is 0.415. The van der Waals surface area contributed by atoms with Gasteiger partial charge in [-0.05, 0) is 19.1 Å². The Balaban J connectivity index is 2.59. The van der Waals surface area contributed by atoms with Crippen LogP contribution in [0.5, 0.6) is 0 Å². The highest BCUT2D eigenvalue weighted by Crippen LogP contribution is 2.29. The first-order valence-electron chi connectivity index (χ1n) is 3.98. The van der Waals surface area contributed by atoms with Gasteiger partial charge in [-0.15, -0.1) is 0 Å². The van der Waals surface area contributed by atoms with Gasteiger partial charge in [0.15, 0.2) is 5.94 Å². The van der Waals surface area contributed by atoms with E-state index >= 15 is 0 Å². The van der Waals surface area contributed by atoms with Crippen LogP contribution in [-0.2, 0) is 4.79 Å². The molecule has 1 aromatic carbocycles. The van der Waals surface area contributed by atoms with E-state index in [-0.39, 0.29) is 0 Å². The molecule has 1 aromatic rings. The zero-order valence-corrected chi connectivity index (χ0v) is 7.16. The number of hydrogen-bond donors (Lipinski definition) is 1. The van der Waals surface area contributed by atoms with Crippen LogP contribution in [0.15, 0.2) is 35.0 Å². The molecule has 13 heavy (non-hydrogen) atoms. The molecule has 0 atom stereocenters. The number of hydrogen-bond acceptors (Lipinski definition) is 3. The zero-order valence-electron chi connectivity index (χ0n) is 7.16. The highest BCUT2D eigenvalue weighted by Gasteiger charge is 2.12. The smallest absolute Gasteiger partial charge is 0.152 e. The number of para-hydroxylation sites is 2. The molecule has 1 heterocycles. The topological polar surface area (TPSA) is 41.5 Å². The van der Waals surface area contributed by atoms with Gasteiger partial charge >= 0.3 is 0 Å². The van der Waals surface area contributed by atoms with E-state index in [1.54, 1.807) is 6.92 Å². The molecule has 1 N–H and O–H groups in total. The first-order valence-corrected chi connectivity index (χ1v) is 3.98. The lowest BCUT2D eigenvalue weighted by Gasteiger charge is -2.15. The lowest BCUT2D eigenvalue weighted by Crippen LogP contribution is -2.12. The summed E-state index contributed by atoms with van der Waals surface area (Å²) in [4.78, 5) is 14.7. The van der Waals surface area contributed by atoms with E-state index in [9.17, 15) is 4.79 Å². The lowest BCUT2D eigenvalue weighted by atomic mass is 10.2. The molecule has 0 saturated heterocycles. The van der Waals surface area contributed by atoms with E-state index in [2.05, 4.69) is 10.3 Å². The van der Waals surface area contributed by atoms with Crippen LogP contribution < -0.4 is 5.32 Å². The summed E-state index contributed by atoms with van der Waals surface area (Å²) in [5, 5.41) is 2.96. The van der Waals surface area contributed by atoms with Gasteiger partial charge in [-0.3, -0.25) is 0 Å². The second-order valence-electron chi connectivity index (χ2n) is 2.82. The molecule has 3 heteroatoms. The van der Waals surface area contributed by atoms with Crippen molar-refractivity contribution in [3.8, 4) is 0 Å². The number of carbonyl (C=O) groups excluding carboxylic acids is 1. The lowest BCUT2D eigenvalue weighted by molar-refractivity contribution is 0.568. The van der Waals surface area contributed by atoms with Gasteiger partial charge in [0.1, 0.15) is 5.70 Å². The molecule has 0 fully saturated rings. The van der Waals surface area contributed by atoms with E-state index in [1.807, 2.05) is 30.2 Å². The van der Waals surface area contributed by atoms with E-state index < -0.39 is 0 Å². The molecule has 0 saturated carbocycles. The minimum Gasteiger partial charge on any atom is -0.343 e. The number of benzene rings is 1. The largest absolute Gasteiger partial charge is 0.343 e. The Bertz CT molecular complexity index is 428. The molecule has 0 aromatic heterocycles. The van der Waals surface area contributed by atoms with Gasteiger partial charge in [0, 0.05) is 0 Å². The molecule has 1 aliphatic rings. The molecule has 0 spiro atoms. The summed E-state index contributed by atoms with van der Waals surface area (Å²) >= 11 is 0. The average Bonchev–Trinajstić information content (AvgIpc) is 2.17. The SMILES string of the molecule is CC1=Nc2ccccc2NC1=C=O. The molecule has 2 rings (SSSR count).